The number of ether oxygens (including phenoxy) is 1. The zero-order valence-electron chi connectivity index (χ0n) is 16.8. The lowest BCUT2D eigenvalue weighted by Gasteiger charge is -2.35. The van der Waals surface area contributed by atoms with Crippen LogP contribution in [0.2, 0.25) is 0 Å². The summed E-state index contributed by atoms with van der Waals surface area (Å²) in [7, 11) is 0. The number of aliphatic hydroxyl groups excluding tert-OH is 1. The third-order valence-electron chi connectivity index (χ3n) is 5.01. The summed E-state index contributed by atoms with van der Waals surface area (Å²) in [6.07, 6.45) is 0.0758. The van der Waals surface area contributed by atoms with Crippen molar-refractivity contribution in [2.24, 2.45) is 0 Å². The molecule has 3 amide bonds. The van der Waals surface area contributed by atoms with Crippen LogP contribution < -0.4 is 16.0 Å². The Kier molecular flexibility index (Phi) is 7.91. The molecule has 0 spiro atoms. The number of carbonyl (C=O) groups excluding carboxylic acids is 2. The van der Waals surface area contributed by atoms with Gasteiger partial charge in [-0.05, 0) is 54.8 Å². The third kappa shape index (κ3) is 7.01. The molecule has 0 unspecified atom stereocenters. The maximum absolute atomic E-state index is 13.2. The summed E-state index contributed by atoms with van der Waals surface area (Å²) >= 11 is 0. The van der Waals surface area contributed by atoms with E-state index in [0.717, 1.165) is 0 Å². The van der Waals surface area contributed by atoms with Crippen LogP contribution in [0.25, 0.3) is 0 Å². The Morgan fingerprint density at radius 3 is 2.55 bits per heavy atom. The number of carbonyl (C=O) groups is 2. The summed E-state index contributed by atoms with van der Waals surface area (Å²) in [5.41, 5.74) is 1.09. The minimum Gasteiger partial charge on any atom is -0.394 e. The number of nitrogens with one attached hydrogen (secondary N) is 3. The van der Waals surface area contributed by atoms with Crippen LogP contribution >= 0.6 is 0 Å². The minimum absolute atomic E-state index is 0.0975. The Balaban J connectivity index is 1.44. The molecule has 166 valence electrons. The molecule has 0 radical (unpaired) electrons. The van der Waals surface area contributed by atoms with Crippen molar-refractivity contribution in [3.63, 3.8) is 0 Å². The van der Waals surface area contributed by atoms with Gasteiger partial charge >= 0.3 is 6.03 Å². The van der Waals surface area contributed by atoms with Gasteiger partial charge in [0.25, 0.3) is 0 Å². The molecule has 7 nitrogen and oxygen atoms in total. The molecule has 4 N–H and O–H groups in total. The molecule has 2 aromatic rings. The second-order valence-corrected chi connectivity index (χ2v) is 7.38. The van der Waals surface area contributed by atoms with Gasteiger partial charge in [-0.2, -0.15) is 0 Å². The number of urea groups is 1. The number of hydrogen-bond acceptors (Lipinski definition) is 4. The van der Waals surface area contributed by atoms with Crippen molar-refractivity contribution in [1.82, 2.24) is 10.6 Å². The van der Waals surface area contributed by atoms with Gasteiger partial charge in [-0.15, -0.1) is 0 Å². The van der Waals surface area contributed by atoms with E-state index < -0.39 is 30.1 Å². The van der Waals surface area contributed by atoms with Gasteiger partial charge in [0.15, 0.2) is 0 Å². The van der Waals surface area contributed by atoms with E-state index in [9.17, 15) is 23.5 Å². The molecule has 1 aliphatic heterocycles. The summed E-state index contributed by atoms with van der Waals surface area (Å²) in [5, 5.41) is 17.7. The van der Waals surface area contributed by atoms with E-state index in [0.29, 0.717) is 24.1 Å². The lowest BCUT2D eigenvalue weighted by molar-refractivity contribution is -0.130. The topological polar surface area (TPSA) is 99.7 Å². The van der Waals surface area contributed by atoms with Gasteiger partial charge in [0.2, 0.25) is 5.91 Å². The van der Waals surface area contributed by atoms with E-state index in [1.807, 2.05) is 0 Å². The Labute approximate surface area is 178 Å². The normalized spacial score (nSPS) is 20.7. The third-order valence-corrected chi connectivity index (χ3v) is 5.01. The first kappa shape index (κ1) is 22.6. The van der Waals surface area contributed by atoms with Crippen LogP contribution in [0.15, 0.2) is 48.5 Å². The number of rotatable bonds is 7. The second kappa shape index (κ2) is 10.8. The standard InChI is InChI=1S/C22H25F2N3O4/c23-15-4-6-17(7-5-15)26-22(30)27-19-9-8-18(31-20(19)13-28)11-21(29)25-12-14-2-1-3-16(24)10-14/h1-7,10,18-20,28H,8-9,11-13H2,(H,25,29)(H2,26,27,30)/t18-,19+,20-/m0/s1. The van der Waals surface area contributed by atoms with Crippen LogP contribution in [-0.2, 0) is 16.1 Å². The number of halogens is 2. The number of amides is 3. The van der Waals surface area contributed by atoms with E-state index in [-0.39, 0.29) is 31.3 Å². The maximum Gasteiger partial charge on any atom is 0.319 e. The van der Waals surface area contributed by atoms with Crippen molar-refractivity contribution < 1.29 is 28.2 Å². The summed E-state index contributed by atoms with van der Waals surface area (Å²) < 4.78 is 32.0. The molecule has 1 fully saturated rings. The molecule has 0 aliphatic carbocycles. The van der Waals surface area contributed by atoms with Gasteiger partial charge in [-0.1, -0.05) is 12.1 Å². The first-order valence-electron chi connectivity index (χ1n) is 10.0. The number of aliphatic hydroxyl groups is 1. The molecule has 0 aromatic heterocycles. The summed E-state index contributed by atoms with van der Waals surface area (Å²) in [6, 6.07) is 10.4. The summed E-state index contributed by atoms with van der Waals surface area (Å²) in [4.78, 5) is 24.4. The monoisotopic (exact) mass is 433 g/mol. The molecular weight excluding hydrogens is 408 g/mol. The fourth-order valence-electron chi connectivity index (χ4n) is 3.44. The van der Waals surface area contributed by atoms with Crippen LogP contribution in [0, 0.1) is 11.6 Å². The molecule has 0 bridgehead atoms. The van der Waals surface area contributed by atoms with E-state index in [1.165, 1.54) is 36.4 Å². The lowest BCUT2D eigenvalue weighted by atomic mass is 9.97. The minimum atomic E-state index is -0.659. The molecule has 31 heavy (non-hydrogen) atoms. The SMILES string of the molecule is O=C(C[C@@H]1CC[C@@H](NC(=O)Nc2ccc(F)cc2)[C@H](CO)O1)NCc1cccc(F)c1. The molecule has 0 saturated carbocycles. The van der Waals surface area contributed by atoms with E-state index >= 15 is 0 Å². The highest BCUT2D eigenvalue weighted by Gasteiger charge is 2.32. The van der Waals surface area contributed by atoms with Gasteiger partial charge in [0.05, 0.1) is 25.2 Å². The fourth-order valence-corrected chi connectivity index (χ4v) is 3.44. The molecule has 1 saturated heterocycles. The molecule has 3 atom stereocenters. The quantitative estimate of drug-likeness (QED) is 0.540. The molecule has 1 aliphatic rings. The van der Waals surface area contributed by atoms with Crippen molar-refractivity contribution in [1.29, 1.82) is 0 Å². The Morgan fingerprint density at radius 1 is 1.06 bits per heavy atom. The predicted octanol–water partition coefficient (Wildman–Crippen LogP) is 2.70. The van der Waals surface area contributed by atoms with E-state index in [4.69, 9.17) is 4.74 Å². The highest BCUT2D eigenvalue weighted by Crippen LogP contribution is 2.22. The second-order valence-electron chi connectivity index (χ2n) is 7.38. The van der Waals surface area contributed by atoms with Gasteiger partial charge in [0, 0.05) is 12.2 Å². The summed E-state index contributed by atoms with van der Waals surface area (Å²) in [5.74, 6) is -1.01. The van der Waals surface area contributed by atoms with Crippen molar-refractivity contribution in [3.05, 3.63) is 65.7 Å². The van der Waals surface area contributed by atoms with Gasteiger partial charge in [-0.3, -0.25) is 4.79 Å². The van der Waals surface area contributed by atoms with Crippen LogP contribution in [0.3, 0.4) is 0 Å². The van der Waals surface area contributed by atoms with Crippen molar-refractivity contribution >= 4 is 17.6 Å². The van der Waals surface area contributed by atoms with E-state index in [1.54, 1.807) is 12.1 Å². The maximum atomic E-state index is 13.2. The zero-order chi connectivity index (χ0) is 22.2. The highest BCUT2D eigenvalue weighted by molar-refractivity contribution is 5.89. The van der Waals surface area contributed by atoms with Crippen molar-refractivity contribution in [2.75, 3.05) is 11.9 Å². The molecule has 3 rings (SSSR count). The van der Waals surface area contributed by atoms with Gasteiger partial charge in [0.1, 0.15) is 17.7 Å². The Hall–Kier alpha value is -3.04. The van der Waals surface area contributed by atoms with Crippen molar-refractivity contribution in [3.8, 4) is 0 Å². The molecule has 1 heterocycles. The molecular formula is C22H25F2N3O4. The average molecular weight is 433 g/mol. The fraction of sp³-hybridized carbons (Fsp3) is 0.364. The average Bonchev–Trinajstić information content (AvgIpc) is 2.75. The lowest BCUT2D eigenvalue weighted by Crippen LogP contribution is -2.52. The molecule has 2 aromatic carbocycles. The Bertz CT molecular complexity index is 895. The molecule has 9 heteroatoms. The van der Waals surface area contributed by atoms with Crippen LogP contribution in [0.5, 0.6) is 0 Å². The number of benzene rings is 2. The first-order valence-corrected chi connectivity index (χ1v) is 10.0. The predicted molar refractivity (Wildman–Crippen MR) is 110 cm³/mol. The number of anilines is 1. The highest BCUT2D eigenvalue weighted by atomic mass is 19.1. The van der Waals surface area contributed by atoms with Gasteiger partial charge < -0.3 is 25.8 Å². The smallest absolute Gasteiger partial charge is 0.319 e. The van der Waals surface area contributed by atoms with Gasteiger partial charge in [-0.25, -0.2) is 13.6 Å². The van der Waals surface area contributed by atoms with E-state index in [2.05, 4.69) is 16.0 Å². The largest absolute Gasteiger partial charge is 0.394 e. The zero-order valence-corrected chi connectivity index (χ0v) is 16.8. The van der Waals surface area contributed by atoms with Crippen LogP contribution in [0.4, 0.5) is 19.3 Å². The van der Waals surface area contributed by atoms with Crippen LogP contribution in [-0.4, -0.2) is 41.9 Å². The number of hydrogen-bond donors (Lipinski definition) is 4. The summed E-state index contributed by atoms with van der Waals surface area (Å²) in [6.45, 7) is -0.108. The van der Waals surface area contributed by atoms with Crippen molar-refractivity contribution in [2.45, 2.75) is 44.1 Å². The van der Waals surface area contributed by atoms with Crippen LogP contribution in [0.1, 0.15) is 24.8 Å². The Morgan fingerprint density at radius 2 is 1.84 bits per heavy atom. The first-order chi connectivity index (χ1) is 14.9.